The SMILES string of the molecule is CC1CCCC(C(N)C2CCCCC2)(N(C)C)C1. The Balaban J connectivity index is 2.12. The molecule has 2 nitrogen and oxygen atoms in total. The van der Waals surface area contributed by atoms with E-state index >= 15 is 0 Å². The van der Waals surface area contributed by atoms with Gasteiger partial charge in [-0.2, -0.15) is 0 Å². The van der Waals surface area contributed by atoms with E-state index in [1.165, 1.54) is 57.8 Å². The first-order valence-corrected chi connectivity index (χ1v) is 7.99. The van der Waals surface area contributed by atoms with E-state index in [0.29, 0.717) is 6.04 Å². The Bertz CT molecular complexity index is 258. The van der Waals surface area contributed by atoms with Crippen LogP contribution in [0.1, 0.15) is 64.7 Å². The summed E-state index contributed by atoms with van der Waals surface area (Å²) in [5.74, 6) is 1.61. The summed E-state index contributed by atoms with van der Waals surface area (Å²) in [6.07, 6.45) is 12.3. The summed E-state index contributed by atoms with van der Waals surface area (Å²) in [5, 5.41) is 0. The Morgan fingerprint density at radius 2 is 1.72 bits per heavy atom. The van der Waals surface area contributed by atoms with Gasteiger partial charge in [0.1, 0.15) is 0 Å². The number of likely N-dealkylation sites (N-methyl/N-ethyl adjacent to an activating group) is 1. The molecule has 0 heterocycles. The maximum Gasteiger partial charge on any atom is 0.0359 e. The average molecular weight is 252 g/mol. The van der Waals surface area contributed by atoms with Gasteiger partial charge in [-0.15, -0.1) is 0 Å². The molecule has 2 rings (SSSR count). The van der Waals surface area contributed by atoms with Crippen LogP contribution in [0.5, 0.6) is 0 Å². The van der Waals surface area contributed by atoms with Crippen molar-refractivity contribution in [3.63, 3.8) is 0 Å². The van der Waals surface area contributed by atoms with E-state index in [1.54, 1.807) is 0 Å². The number of nitrogens with two attached hydrogens (primary N) is 1. The summed E-state index contributed by atoms with van der Waals surface area (Å²) in [5.41, 5.74) is 7.06. The summed E-state index contributed by atoms with van der Waals surface area (Å²) in [6, 6.07) is 0.385. The van der Waals surface area contributed by atoms with Gasteiger partial charge < -0.3 is 10.6 Å². The molecular weight excluding hydrogens is 220 g/mol. The quantitative estimate of drug-likeness (QED) is 0.834. The molecule has 0 aromatic rings. The molecule has 3 atom stereocenters. The summed E-state index contributed by atoms with van der Waals surface area (Å²) in [6.45, 7) is 2.41. The Labute approximate surface area is 113 Å². The first-order chi connectivity index (χ1) is 8.56. The van der Waals surface area contributed by atoms with E-state index in [-0.39, 0.29) is 5.54 Å². The molecule has 2 N–H and O–H groups in total. The molecular formula is C16H32N2. The molecule has 0 spiro atoms. The van der Waals surface area contributed by atoms with E-state index < -0.39 is 0 Å². The minimum Gasteiger partial charge on any atom is -0.326 e. The van der Waals surface area contributed by atoms with Crippen molar-refractivity contribution in [2.45, 2.75) is 76.3 Å². The predicted molar refractivity (Wildman–Crippen MR) is 78.6 cm³/mol. The zero-order chi connectivity index (χ0) is 13.2. The van der Waals surface area contributed by atoms with Crippen LogP contribution in [0, 0.1) is 11.8 Å². The fraction of sp³-hybridized carbons (Fsp3) is 1.00. The van der Waals surface area contributed by atoms with Crippen molar-refractivity contribution in [3.05, 3.63) is 0 Å². The van der Waals surface area contributed by atoms with Crippen LogP contribution in [0.25, 0.3) is 0 Å². The maximum atomic E-state index is 6.78. The van der Waals surface area contributed by atoms with Crippen molar-refractivity contribution in [2.75, 3.05) is 14.1 Å². The predicted octanol–water partition coefficient (Wildman–Crippen LogP) is 3.40. The molecule has 0 saturated heterocycles. The van der Waals surface area contributed by atoms with Gasteiger partial charge in [0, 0.05) is 11.6 Å². The molecule has 2 aliphatic rings. The van der Waals surface area contributed by atoms with Gasteiger partial charge in [-0.05, 0) is 51.6 Å². The van der Waals surface area contributed by atoms with Crippen LogP contribution in [0.2, 0.25) is 0 Å². The van der Waals surface area contributed by atoms with E-state index in [9.17, 15) is 0 Å². The standard InChI is InChI=1S/C16H32N2/c1-13-8-7-11-16(12-13,18(2)3)15(17)14-9-5-4-6-10-14/h13-15H,4-12,17H2,1-3H3. The highest BCUT2D eigenvalue weighted by atomic mass is 15.2. The van der Waals surface area contributed by atoms with Crippen LogP contribution < -0.4 is 5.73 Å². The van der Waals surface area contributed by atoms with Gasteiger partial charge in [0.25, 0.3) is 0 Å². The largest absolute Gasteiger partial charge is 0.326 e. The summed E-state index contributed by atoms with van der Waals surface area (Å²) < 4.78 is 0. The molecule has 0 aromatic carbocycles. The average Bonchev–Trinajstić information content (AvgIpc) is 2.38. The van der Waals surface area contributed by atoms with Crippen LogP contribution >= 0.6 is 0 Å². The molecule has 2 saturated carbocycles. The number of hydrogen-bond donors (Lipinski definition) is 1. The van der Waals surface area contributed by atoms with Crippen LogP contribution in [0.3, 0.4) is 0 Å². The fourth-order valence-electron chi connectivity index (χ4n) is 4.50. The first-order valence-electron chi connectivity index (χ1n) is 7.99. The Morgan fingerprint density at radius 1 is 1.06 bits per heavy atom. The zero-order valence-electron chi connectivity index (χ0n) is 12.6. The second-order valence-corrected chi connectivity index (χ2v) is 7.12. The van der Waals surface area contributed by atoms with Crippen LogP contribution in [-0.4, -0.2) is 30.6 Å². The third-order valence-corrected chi connectivity index (χ3v) is 5.68. The summed E-state index contributed by atoms with van der Waals surface area (Å²) in [7, 11) is 4.50. The van der Waals surface area contributed by atoms with Crippen LogP contribution in [0.15, 0.2) is 0 Å². The van der Waals surface area contributed by atoms with E-state index in [4.69, 9.17) is 5.73 Å². The summed E-state index contributed by atoms with van der Waals surface area (Å²) in [4.78, 5) is 2.46. The highest BCUT2D eigenvalue weighted by Gasteiger charge is 2.44. The lowest BCUT2D eigenvalue weighted by molar-refractivity contribution is 0.0235. The second-order valence-electron chi connectivity index (χ2n) is 7.12. The molecule has 18 heavy (non-hydrogen) atoms. The van der Waals surface area contributed by atoms with Gasteiger partial charge in [-0.25, -0.2) is 0 Å². The second kappa shape index (κ2) is 5.92. The molecule has 2 aliphatic carbocycles. The smallest absolute Gasteiger partial charge is 0.0359 e. The third kappa shape index (κ3) is 2.75. The van der Waals surface area contributed by atoms with Gasteiger partial charge in [0.15, 0.2) is 0 Å². The van der Waals surface area contributed by atoms with Crippen molar-refractivity contribution in [1.82, 2.24) is 4.90 Å². The minimum absolute atomic E-state index is 0.277. The lowest BCUT2D eigenvalue weighted by Gasteiger charge is -2.51. The van der Waals surface area contributed by atoms with Gasteiger partial charge in [0.2, 0.25) is 0 Å². The molecule has 2 fully saturated rings. The molecule has 0 amide bonds. The molecule has 106 valence electrons. The van der Waals surface area contributed by atoms with Crippen molar-refractivity contribution in [3.8, 4) is 0 Å². The van der Waals surface area contributed by atoms with E-state index in [2.05, 4.69) is 25.9 Å². The molecule has 3 unspecified atom stereocenters. The molecule has 0 bridgehead atoms. The number of rotatable bonds is 3. The topological polar surface area (TPSA) is 29.3 Å². The normalized spacial score (nSPS) is 36.8. The highest BCUT2D eigenvalue weighted by molar-refractivity contribution is 5.03. The van der Waals surface area contributed by atoms with Gasteiger partial charge in [-0.3, -0.25) is 0 Å². The maximum absolute atomic E-state index is 6.78. The molecule has 0 aliphatic heterocycles. The van der Waals surface area contributed by atoms with E-state index in [0.717, 1.165) is 11.8 Å². The third-order valence-electron chi connectivity index (χ3n) is 5.68. The van der Waals surface area contributed by atoms with Crippen LogP contribution in [-0.2, 0) is 0 Å². The lowest BCUT2D eigenvalue weighted by Crippen LogP contribution is -2.62. The molecule has 0 radical (unpaired) electrons. The highest BCUT2D eigenvalue weighted by Crippen LogP contribution is 2.42. The van der Waals surface area contributed by atoms with Crippen molar-refractivity contribution >= 4 is 0 Å². The molecule has 2 heteroatoms. The lowest BCUT2D eigenvalue weighted by atomic mass is 9.66. The van der Waals surface area contributed by atoms with Gasteiger partial charge in [0.05, 0.1) is 0 Å². The molecule has 0 aromatic heterocycles. The van der Waals surface area contributed by atoms with Crippen LogP contribution in [0.4, 0.5) is 0 Å². The number of hydrogen-bond acceptors (Lipinski definition) is 2. The Hall–Kier alpha value is -0.0800. The van der Waals surface area contributed by atoms with Crippen molar-refractivity contribution in [2.24, 2.45) is 17.6 Å². The van der Waals surface area contributed by atoms with Crippen molar-refractivity contribution < 1.29 is 0 Å². The van der Waals surface area contributed by atoms with Crippen molar-refractivity contribution in [1.29, 1.82) is 0 Å². The zero-order valence-corrected chi connectivity index (χ0v) is 12.6. The minimum atomic E-state index is 0.277. The monoisotopic (exact) mass is 252 g/mol. The number of nitrogens with zero attached hydrogens (tertiary/aromatic N) is 1. The summed E-state index contributed by atoms with van der Waals surface area (Å²) >= 11 is 0. The fourth-order valence-corrected chi connectivity index (χ4v) is 4.50. The van der Waals surface area contributed by atoms with Gasteiger partial charge >= 0.3 is 0 Å². The van der Waals surface area contributed by atoms with Gasteiger partial charge in [-0.1, -0.05) is 39.0 Å². The Kier molecular flexibility index (Phi) is 4.71. The Morgan fingerprint density at radius 3 is 2.28 bits per heavy atom. The first kappa shape index (κ1) is 14.3. The van der Waals surface area contributed by atoms with E-state index in [1.807, 2.05) is 0 Å².